The fourth-order valence-electron chi connectivity index (χ4n) is 3.57. The molecule has 1 aliphatic rings. The number of aryl methyl sites for hydroxylation is 2. The van der Waals surface area contributed by atoms with Crippen LogP contribution in [0.3, 0.4) is 0 Å². The van der Waals surface area contributed by atoms with Gasteiger partial charge >= 0.3 is 0 Å². The predicted molar refractivity (Wildman–Crippen MR) is 106 cm³/mol. The molecule has 142 valence electrons. The molecule has 3 aromatic rings. The third kappa shape index (κ3) is 3.66. The molecule has 4 heterocycles. The van der Waals surface area contributed by atoms with Gasteiger partial charge < -0.3 is 9.80 Å². The highest BCUT2D eigenvalue weighted by Crippen LogP contribution is 2.20. The van der Waals surface area contributed by atoms with E-state index in [0.717, 1.165) is 55.5 Å². The van der Waals surface area contributed by atoms with Crippen molar-refractivity contribution in [3.05, 3.63) is 40.0 Å². The second-order valence-electron chi connectivity index (χ2n) is 6.86. The molecule has 1 fully saturated rings. The van der Waals surface area contributed by atoms with E-state index in [0.29, 0.717) is 12.2 Å². The number of hydrogen-bond donors (Lipinski definition) is 0. The van der Waals surface area contributed by atoms with E-state index >= 15 is 0 Å². The number of fused-ring (bicyclic) bond motifs is 1. The molecular formula is C19H24N6OS. The van der Waals surface area contributed by atoms with E-state index in [-0.39, 0.29) is 5.91 Å². The summed E-state index contributed by atoms with van der Waals surface area (Å²) in [6, 6.07) is 6.16. The fourth-order valence-corrected chi connectivity index (χ4v) is 4.27. The molecule has 0 unspecified atom stereocenters. The van der Waals surface area contributed by atoms with Crippen LogP contribution in [0.1, 0.15) is 29.7 Å². The van der Waals surface area contributed by atoms with Crippen LogP contribution in [0, 0.1) is 6.92 Å². The van der Waals surface area contributed by atoms with Gasteiger partial charge in [-0.25, -0.2) is 0 Å². The molecule has 8 heteroatoms. The highest BCUT2D eigenvalue weighted by molar-refractivity contribution is 7.10. The van der Waals surface area contributed by atoms with Crippen molar-refractivity contribution < 1.29 is 4.79 Å². The lowest BCUT2D eigenvalue weighted by Gasteiger charge is -2.35. The molecule has 3 aromatic heterocycles. The Morgan fingerprint density at radius 3 is 2.74 bits per heavy atom. The topological polar surface area (TPSA) is 66.6 Å². The Balaban J connectivity index is 1.47. The zero-order valence-corrected chi connectivity index (χ0v) is 16.6. The highest BCUT2D eigenvalue weighted by atomic mass is 32.1. The first-order chi connectivity index (χ1) is 13.2. The van der Waals surface area contributed by atoms with E-state index in [9.17, 15) is 4.79 Å². The van der Waals surface area contributed by atoms with Gasteiger partial charge in [0.15, 0.2) is 0 Å². The maximum Gasteiger partial charge on any atom is 0.257 e. The van der Waals surface area contributed by atoms with Crippen LogP contribution in [0.15, 0.2) is 23.6 Å². The number of piperazine rings is 1. The molecular weight excluding hydrogens is 360 g/mol. The Labute approximate surface area is 162 Å². The number of nitrogens with zero attached hydrogens (tertiary/aromatic N) is 6. The third-order valence-electron chi connectivity index (χ3n) is 4.97. The second kappa shape index (κ2) is 7.64. The van der Waals surface area contributed by atoms with Gasteiger partial charge in [0.2, 0.25) is 5.91 Å². The van der Waals surface area contributed by atoms with Crippen molar-refractivity contribution in [1.29, 1.82) is 0 Å². The van der Waals surface area contributed by atoms with Gasteiger partial charge in [-0.15, -0.1) is 21.5 Å². The molecule has 1 amide bonds. The lowest BCUT2D eigenvalue weighted by atomic mass is 10.2. The normalized spacial score (nSPS) is 14.9. The van der Waals surface area contributed by atoms with Crippen molar-refractivity contribution in [2.45, 2.75) is 33.1 Å². The lowest BCUT2D eigenvalue weighted by Crippen LogP contribution is -2.49. The predicted octanol–water partition coefficient (Wildman–Crippen LogP) is 2.34. The van der Waals surface area contributed by atoms with Crippen LogP contribution in [0.4, 0.5) is 5.82 Å². The van der Waals surface area contributed by atoms with Crippen LogP contribution in [0.2, 0.25) is 0 Å². The molecule has 0 N–H and O–H groups in total. The average molecular weight is 385 g/mol. The maximum absolute atomic E-state index is 12.5. The average Bonchev–Trinajstić information content (AvgIpc) is 3.32. The highest BCUT2D eigenvalue weighted by Gasteiger charge is 2.23. The van der Waals surface area contributed by atoms with Crippen molar-refractivity contribution in [2.75, 3.05) is 31.1 Å². The van der Waals surface area contributed by atoms with Crippen LogP contribution in [-0.2, 0) is 17.6 Å². The summed E-state index contributed by atoms with van der Waals surface area (Å²) >= 11 is 1.64. The summed E-state index contributed by atoms with van der Waals surface area (Å²) in [6.07, 6.45) is 2.52. The molecule has 0 saturated carbocycles. The van der Waals surface area contributed by atoms with E-state index < -0.39 is 0 Å². The van der Waals surface area contributed by atoms with Crippen LogP contribution in [-0.4, -0.2) is 56.6 Å². The molecule has 0 radical (unpaired) electrons. The Morgan fingerprint density at radius 2 is 2.04 bits per heavy atom. The van der Waals surface area contributed by atoms with E-state index in [1.165, 1.54) is 5.69 Å². The minimum atomic E-state index is 0.209. The van der Waals surface area contributed by atoms with Gasteiger partial charge in [0.05, 0.1) is 6.42 Å². The van der Waals surface area contributed by atoms with Gasteiger partial charge in [-0.2, -0.15) is 4.98 Å². The van der Waals surface area contributed by atoms with E-state index in [2.05, 4.69) is 28.1 Å². The lowest BCUT2D eigenvalue weighted by molar-refractivity contribution is -0.130. The second-order valence-corrected chi connectivity index (χ2v) is 7.89. The van der Waals surface area contributed by atoms with Crippen molar-refractivity contribution in [3.8, 4) is 0 Å². The zero-order chi connectivity index (χ0) is 18.8. The van der Waals surface area contributed by atoms with Gasteiger partial charge in [-0.3, -0.25) is 9.20 Å². The molecule has 0 bridgehead atoms. The van der Waals surface area contributed by atoms with E-state index in [4.69, 9.17) is 4.98 Å². The Hall–Kier alpha value is -2.48. The van der Waals surface area contributed by atoms with Crippen LogP contribution in [0.5, 0.6) is 0 Å². The van der Waals surface area contributed by atoms with Crippen molar-refractivity contribution in [3.63, 3.8) is 0 Å². The molecule has 0 atom stereocenters. The standard InChI is InChI=1S/C19H24N6OS/c1-3-5-15-12-17(20-19-22-21-14(2)25(15)19)23-7-9-24(10-8-23)18(26)13-16-6-4-11-27-16/h4,6,11-12H,3,5,7-10,13H2,1-2H3. The van der Waals surface area contributed by atoms with Crippen molar-refractivity contribution in [2.24, 2.45) is 0 Å². The van der Waals surface area contributed by atoms with Crippen molar-refractivity contribution >= 4 is 28.8 Å². The molecule has 1 aliphatic heterocycles. The van der Waals surface area contributed by atoms with Crippen molar-refractivity contribution in [1.82, 2.24) is 24.5 Å². The van der Waals surface area contributed by atoms with Crippen LogP contribution < -0.4 is 4.90 Å². The number of carbonyl (C=O) groups is 1. The van der Waals surface area contributed by atoms with Gasteiger partial charge in [0.1, 0.15) is 11.6 Å². The number of hydrogen-bond acceptors (Lipinski definition) is 6. The van der Waals surface area contributed by atoms with Gasteiger partial charge in [0.25, 0.3) is 5.78 Å². The minimum absolute atomic E-state index is 0.209. The first-order valence-electron chi connectivity index (χ1n) is 9.42. The summed E-state index contributed by atoms with van der Waals surface area (Å²) in [5.41, 5.74) is 1.19. The maximum atomic E-state index is 12.5. The number of anilines is 1. The van der Waals surface area contributed by atoms with Gasteiger partial charge in [-0.05, 0) is 24.8 Å². The zero-order valence-electron chi connectivity index (χ0n) is 15.8. The van der Waals surface area contributed by atoms with Crippen LogP contribution >= 0.6 is 11.3 Å². The smallest absolute Gasteiger partial charge is 0.257 e. The summed E-state index contributed by atoms with van der Waals surface area (Å²) in [5.74, 6) is 2.67. The Kier molecular flexibility index (Phi) is 5.07. The summed E-state index contributed by atoms with van der Waals surface area (Å²) in [5, 5.41) is 10.4. The summed E-state index contributed by atoms with van der Waals surface area (Å²) in [7, 11) is 0. The molecule has 4 rings (SSSR count). The third-order valence-corrected chi connectivity index (χ3v) is 5.85. The van der Waals surface area contributed by atoms with E-state index in [1.54, 1.807) is 11.3 Å². The molecule has 7 nitrogen and oxygen atoms in total. The fraction of sp³-hybridized carbons (Fsp3) is 0.474. The molecule has 27 heavy (non-hydrogen) atoms. The molecule has 1 saturated heterocycles. The summed E-state index contributed by atoms with van der Waals surface area (Å²) < 4.78 is 2.04. The number of amides is 1. The molecule has 0 aromatic carbocycles. The molecule has 0 aliphatic carbocycles. The Bertz CT molecular complexity index is 927. The number of aromatic nitrogens is 4. The summed E-state index contributed by atoms with van der Waals surface area (Å²) in [4.78, 5) is 22.5. The van der Waals surface area contributed by atoms with E-state index in [1.807, 2.05) is 33.7 Å². The summed E-state index contributed by atoms with van der Waals surface area (Å²) in [6.45, 7) is 7.16. The Morgan fingerprint density at radius 1 is 1.22 bits per heavy atom. The number of rotatable bonds is 5. The quantitative estimate of drug-likeness (QED) is 0.675. The number of thiophene rings is 1. The number of carbonyl (C=O) groups excluding carboxylic acids is 1. The van der Waals surface area contributed by atoms with Gasteiger partial charge in [0, 0.05) is 42.8 Å². The monoisotopic (exact) mass is 384 g/mol. The SMILES string of the molecule is CCCc1cc(N2CCN(C(=O)Cc3cccs3)CC2)nc2nnc(C)n12. The minimum Gasteiger partial charge on any atom is -0.353 e. The van der Waals surface area contributed by atoms with Gasteiger partial charge in [-0.1, -0.05) is 19.4 Å². The largest absolute Gasteiger partial charge is 0.353 e. The van der Waals surface area contributed by atoms with Crippen LogP contribution in [0.25, 0.3) is 5.78 Å². The first-order valence-corrected chi connectivity index (χ1v) is 10.3. The first kappa shape index (κ1) is 17.9. The molecule has 0 spiro atoms.